The number of ether oxygens (including phenoxy) is 2. The summed E-state index contributed by atoms with van der Waals surface area (Å²) in [5, 5.41) is 4.80. The SMILES string of the molecule is CCC(C)(N)c1cnc(O[C@@H](C)CCS(C)(=O)=O)c2cnc(Nc3ccc4c(n3)C3(CC3)[C@@H](C)OC4=O)cc12. The van der Waals surface area contributed by atoms with E-state index in [-0.39, 0.29) is 29.3 Å². The number of sulfone groups is 1. The summed E-state index contributed by atoms with van der Waals surface area (Å²) in [6.07, 6.45) is 6.94. The summed E-state index contributed by atoms with van der Waals surface area (Å²) in [6, 6.07) is 5.40. The maximum absolute atomic E-state index is 12.4. The molecule has 5 rings (SSSR count). The van der Waals surface area contributed by atoms with E-state index >= 15 is 0 Å². The van der Waals surface area contributed by atoms with Gasteiger partial charge in [0.1, 0.15) is 27.6 Å². The minimum Gasteiger partial charge on any atom is -0.474 e. The zero-order valence-corrected chi connectivity index (χ0v) is 23.8. The lowest BCUT2D eigenvalue weighted by Gasteiger charge is -2.30. The van der Waals surface area contributed by atoms with Crippen molar-refractivity contribution in [3.8, 4) is 5.88 Å². The van der Waals surface area contributed by atoms with Crippen LogP contribution in [0.25, 0.3) is 10.8 Å². The Labute approximate surface area is 228 Å². The summed E-state index contributed by atoms with van der Waals surface area (Å²) < 4.78 is 34.8. The second-order valence-corrected chi connectivity index (χ2v) is 13.4. The van der Waals surface area contributed by atoms with E-state index in [1.165, 1.54) is 6.26 Å². The second kappa shape index (κ2) is 9.71. The molecule has 1 aliphatic carbocycles. The van der Waals surface area contributed by atoms with Gasteiger partial charge in [-0.2, -0.15) is 0 Å². The topological polar surface area (TPSA) is 146 Å². The first-order valence-electron chi connectivity index (χ1n) is 13.2. The number of rotatable bonds is 9. The summed E-state index contributed by atoms with van der Waals surface area (Å²) in [7, 11) is -3.10. The molecule has 3 atom stereocenters. The van der Waals surface area contributed by atoms with Crippen molar-refractivity contribution >= 4 is 38.2 Å². The average molecular weight is 554 g/mol. The predicted octanol–water partition coefficient (Wildman–Crippen LogP) is 4.14. The van der Waals surface area contributed by atoms with Crippen LogP contribution in [-0.2, 0) is 25.5 Å². The van der Waals surface area contributed by atoms with E-state index in [2.05, 4.69) is 15.3 Å². The molecule has 1 unspecified atom stereocenters. The van der Waals surface area contributed by atoms with Crippen molar-refractivity contribution in [3.05, 3.63) is 47.4 Å². The number of carbonyl (C=O) groups excluding carboxylic acids is 1. The Hall–Kier alpha value is -3.31. The summed E-state index contributed by atoms with van der Waals surface area (Å²) >= 11 is 0. The number of anilines is 2. The molecule has 3 aromatic heterocycles. The molecule has 4 heterocycles. The molecule has 1 aliphatic heterocycles. The third kappa shape index (κ3) is 5.29. The van der Waals surface area contributed by atoms with Gasteiger partial charge in [0.25, 0.3) is 0 Å². The highest BCUT2D eigenvalue weighted by molar-refractivity contribution is 7.90. The first-order valence-corrected chi connectivity index (χ1v) is 15.3. The summed E-state index contributed by atoms with van der Waals surface area (Å²) in [4.78, 5) is 26.4. The highest BCUT2D eigenvalue weighted by atomic mass is 32.2. The third-order valence-electron chi connectivity index (χ3n) is 7.99. The number of esters is 1. The minimum atomic E-state index is -3.10. The normalized spacial score (nSPS) is 20.2. The molecule has 1 fully saturated rings. The Morgan fingerprint density at radius 3 is 2.64 bits per heavy atom. The van der Waals surface area contributed by atoms with Crippen LogP contribution in [0.2, 0.25) is 0 Å². The molecule has 0 aromatic carbocycles. The first kappa shape index (κ1) is 27.3. The molecule has 10 nitrogen and oxygen atoms in total. The van der Waals surface area contributed by atoms with Gasteiger partial charge in [0, 0.05) is 24.2 Å². The highest BCUT2D eigenvalue weighted by Crippen LogP contribution is 2.54. The van der Waals surface area contributed by atoms with Gasteiger partial charge in [-0.1, -0.05) is 6.92 Å². The molecule has 1 spiro atoms. The van der Waals surface area contributed by atoms with Crippen LogP contribution in [0.4, 0.5) is 11.6 Å². The van der Waals surface area contributed by atoms with Gasteiger partial charge in [-0.05, 0) is 75.6 Å². The zero-order chi connectivity index (χ0) is 28.2. The number of aromatic nitrogens is 3. The molecule has 0 radical (unpaired) electrons. The molecule has 208 valence electrons. The number of nitrogens with zero attached hydrogens (tertiary/aromatic N) is 3. The molecule has 3 N–H and O–H groups in total. The van der Waals surface area contributed by atoms with Crippen LogP contribution >= 0.6 is 0 Å². The Kier molecular flexibility index (Phi) is 6.79. The minimum absolute atomic E-state index is 0.0266. The summed E-state index contributed by atoms with van der Waals surface area (Å²) in [5.74, 6) is 1.20. The maximum atomic E-state index is 12.4. The number of nitrogens with two attached hydrogens (primary N) is 1. The second-order valence-electron chi connectivity index (χ2n) is 11.1. The zero-order valence-electron chi connectivity index (χ0n) is 22.9. The van der Waals surface area contributed by atoms with Gasteiger partial charge in [-0.15, -0.1) is 0 Å². The quantitative estimate of drug-likeness (QED) is 0.371. The van der Waals surface area contributed by atoms with Gasteiger partial charge in [0.2, 0.25) is 5.88 Å². The van der Waals surface area contributed by atoms with Crippen LogP contribution in [-0.4, -0.2) is 53.6 Å². The molecule has 0 bridgehead atoms. The van der Waals surface area contributed by atoms with E-state index in [0.29, 0.717) is 41.3 Å². The van der Waals surface area contributed by atoms with Crippen molar-refractivity contribution in [3.63, 3.8) is 0 Å². The van der Waals surface area contributed by atoms with Crippen LogP contribution in [0.1, 0.15) is 75.0 Å². The van der Waals surface area contributed by atoms with Crippen molar-refractivity contribution in [1.29, 1.82) is 0 Å². The number of carbonyl (C=O) groups is 1. The molecule has 0 amide bonds. The van der Waals surface area contributed by atoms with Crippen molar-refractivity contribution in [2.24, 2.45) is 5.73 Å². The fourth-order valence-electron chi connectivity index (χ4n) is 5.06. The van der Waals surface area contributed by atoms with E-state index in [4.69, 9.17) is 20.2 Å². The molecule has 0 saturated heterocycles. The first-order chi connectivity index (χ1) is 18.3. The lowest BCUT2D eigenvalue weighted by Crippen LogP contribution is -2.36. The molecular formula is C28H35N5O5S. The van der Waals surface area contributed by atoms with Crippen molar-refractivity contribution < 1.29 is 22.7 Å². The van der Waals surface area contributed by atoms with Gasteiger partial charge >= 0.3 is 5.97 Å². The Morgan fingerprint density at radius 1 is 1.23 bits per heavy atom. The summed E-state index contributed by atoms with van der Waals surface area (Å²) in [5.41, 5.74) is 7.93. The number of cyclic esters (lactones) is 1. The van der Waals surface area contributed by atoms with Gasteiger partial charge in [-0.25, -0.2) is 28.2 Å². The van der Waals surface area contributed by atoms with Gasteiger partial charge in [0.15, 0.2) is 0 Å². The number of nitrogens with one attached hydrogen (secondary N) is 1. The molecule has 3 aromatic rings. The van der Waals surface area contributed by atoms with E-state index < -0.39 is 15.4 Å². The van der Waals surface area contributed by atoms with Crippen LogP contribution in [0.5, 0.6) is 5.88 Å². The number of hydrogen-bond acceptors (Lipinski definition) is 10. The van der Waals surface area contributed by atoms with Gasteiger partial charge in [0.05, 0.1) is 33.9 Å². The Morgan fingerprint density at radius 2 is 1.97 bits per heavy atom. The van der Waals surface area contributed by atoms with Crippen molar-refractivity contribution in [2.45, 2.75) is 76.5 Å². The Balaban J connectivity index is 1.49. The summed E-state index contributed by atoms with van der Waals surface area (Å²) in [6.45, 7) is 7.71. The molecule has 1 saturated carbocycles. The fourth-order valence-corrected chi connectivity index (χ4v) is 5.82. The number of pyridine rings is 3. The average Bonchev–Trinajstić information content (AvgIpc) is 3.68. The number of fused-ring (bicyclic) bond motifs is 3. The molecule has 39 heavy (non-hydrogen) atoms. The predicted molar refractivity (Wildman–Crippen MR) is 149 cm³/mol. The van der Waals surface area contributed by atoms with Crippen LogP contribution in [0.15, 0.2) is 30.6 Å². The van der Waals surface area contributed by atoms with Crippen molar-refractivity contribution in [1.82, 2.24) is 15.0 Å². The lowest BCUT2D eigenvalue weighted by molar-refractivity contribution is 0.0183. The van der Waals surface area contributed by atoms with Crippen LogP contribution in [0.3, 0.4) is 0 Å². The highest BCUT2D eigenvalue weighted by Gasteiger charge is 2.56. The van der Waals surface area contributed by atoms with E-state index in [1.54, 1.807) is 24.5 Å². The van der Waals surface area contributed by atoms with E-state index in [0.717, 1.165) is 29.5 Å². The Bertz CT molecular complexity index is 1550. The third-order valence-corrected chi connectivity index (χ3v) is 8.96. The molecule has 2 aliphatic rings. The van der Waals surface area contributed by atoms with Crippen molar-refractivity contribution in [2.75, 3.05) is 17.3 Å². The van der Waals surface area contributed by atoms with Crippen LogP contribution in [0, 0.1) is 0 Å². The smallest absolute Gasteiger partial charge is 0.340 e. The van der Waals surface area contributed by atoms with Crippen LogP contribution < -0.4 is 15.8 Å². The van der Waals surface area contributed by atoms with Gasteiger partial charge < -0.3 is 20.5 Å². The monoisotopic (exact) mass is 553 g/mol. The maximum Gasteiger partial charge on any atom is 0.340 e. The lowest BCUT2D eigenvalue weighted by atomic mass is 9.88. The van der Waals surface area contributed by atoms with E-state index in [9.17, 15) is 13.2 Å². The largest absolute Gasteiger partial charge is 0.474 e. The molecule has 11 heteroatoms. The van der Waals surface area contributed by atoms with Gasteiger partial charge in [-0.3, -0.25) is 0 Å². The standard InChI is InChI=1S/C28H35N5O5S/c1-6-27(4,29)21-15-31-25(37-16(2)9-12-39(5,35)36)20-14-30-23(13-19(20)21)32-22-8-7-18-24(33-22)28(10-11-28)17(3)38-26(18)34/h7-8,13-17H,6,9-12,29H2,1-5H3,(H,30,32,33)/t16-,17+,27?/m0/s1. The molecular weight excluding hydrogens is 518 g/mol. The van der Waals surface area contributed by atoms with E-state index in [1.807, 2.05) is 33.8 Å². The fraction of sp³-hybridized carbons (Fsp3) is 0.500. The number of hydrogen-bond donors (Lipinski definition) is 2.